The highest BCUT2D eigenvalue weighted by atomic mass is 16.5. The number of hydrogen-bond donors (Lipinski definition) is 3. The number of hydrogen-bond acceptors (Lipinski definition) is 7. The molecule has 7 nitrogen and oxygen atoms in total. The van der Waals surface area contributed by atoms with Crippen LogP contribution in [0, 0.1) is 0 Å². The van der Waals surface area contributed by atoms with Crippen LogP contribution in [0.15, 0.2) is 30.3 Å². The van der Waals surface area contributed by atoms with E-state index in [1.165, 1.54) is 0 Å². The van der Waals surface area contributed by atoms with Gasteiger partial charge in [-0.3, -0.25) is 4.79 Å². The van der Waals surface area contributed by atoms with Gasteiger partial charge in [0.2, 0.25) is 0 Å². The maximum Gasteiger partial charge on any atom is 0.306 e. The van der Waals surface area contributed by atoms with Gasteiger partial charge in [0.15, 0.2) is 0 Å². The van der Waals surface area contributed by atoms with Crippen molar-refractivity contribution in [1.82, 2.24) is 10.6 Å². The Morgan fingerprint density at radius 1 is 1.00 bits per heavy atom. The predicted octanol–water partition coefficient (Wildman–Crippen LogP) is 1.70. The Morgan fingerprint density at radius 2 is 1.57 bits per heavy atom. The Hall–Kier alpha value is -1.51. The van der Waals surface area contributed by atoms with E-state index in [-0.39, 0.29) is 12.0 Å². The Labute approximate surface area is 170 Å². The Kier molecular flexibility index (Phi) is 17.8. The first-order valence-electron chi connectivity index (χ1n) is 9.95. The van der Waals surface area contributed by atoms with E-state index in [9.17, 15) is 4.79 Å². The van der Waals surface area contributed by atoms with Crippen molar-refractivity contribution in [1.29, 1.82) is 0 Å². The van der Waals surface area contributed by atoms with E-state index >= 15 is 0 Å². The van der Waals surface area contributed by atoms with E-state index in [2.05, 4.69) is 17.6 Å². The van der Waals surface area contributed by atoms with Gasteiger partial charge in [-0.25, -0.2) is 0 Å². The van der Waals surface area contributed by atoms with Gasteiger partial charge in [-0.1, -0.05) is 44.2 Å². The molecular formula is C21H39N3O4. The Morgan fingerprint density at radius 3 is 2.11 bits per heavy atom. The highest BCUT2D eigenvalue weighted by molar-refractivity contribution is 5.69. The van der Waals surface area contributed by atoms with Crippen LogP contribution < -0.4 is 16.4 Å². The fraction of sp³-hybridized carbons (Fsp3) is 0.667. The SMILES string of the molecule is CCN[C@@H](CCC(=O)OCc1ccccc1)COC.CCN[C@@H](CN)COC. The molecule has 0 spiro atoms. The predicted molar refractivity (Wildman–Crippen MR) is 113 cm³/mol. The fourth-order valence-corrected chi connectivity index (χ4v) is 2.54. The van der Waals surface area contributed by atoms with E-state index in [1.54, 1.807) is 14.2 Å². The monoisotopic (exact) mass is 397 g/mol. The largest absolute Gasteiger partial charge is 0.461 e. The number of esters is 1. The molecule has 0 fully saturated rings. The second-order valence-corrected chi connectivity index (χ2v) is 6.34. The van der Waals surface area contributed by atoms with Crippen molar-refractivity contribution < 1.29 is 19.0 Å². The molecule has 0 radical (unpaired) electrons. The van der Waals surface area contributed by atoms with Crippen molar-refractivity contribution in [3.05, 3.63) is 35.9 Å². The molecule has 1 aromatic rings. The molecular weight excluding hydrogens is 358 g/mol. The highest BCUT2D eigenvalue weighted by Crippen LogP contribution is 2.04. The summed E-state index contributed by atoms with van der Waals surface area (Å²) >= 11 is 0. The van der Waals surface area contributed by atoms with Crippen LogP contribution in [0.2, 0.25) is 0 Å². The molecule has 0 unspecified atom stereocenters. The highest BCUT2D eigenvalue weighted by Gasteiger charge is 2.11. The van der Waals surface area contributed by atoms with Gasteiger partial charge >= 0.3 is 5.97 Å². The molecule has 7 heteroatoms. The molecule has 0 saturated heterocycles. The smallest absolute Gasteiger partial charge is 0.306 e. The third-order valence-electron chi connectivity index (χ3n) is 3.95. The number of carbonyl (C=O) groups is 1. The number of carbonyl (C=O) groups excluding carboxylic acids is 1. The van der Waals surface area contributed by atoms with Crippen LogP contribution in [0.25, 0.3) is 0 Å². The average molecular weight is 398 g/mol. The number of rotatable bonds is 14. The molecule has 1 aromatic carbocycles. The van der Waals surface area contributed by atoms with Crippen LogP contribution in [0.3, 0.4) is 0 Å². The van der Waals surface area contributed by atoms with Gasteiger partial charge in [0.25, 0.3) is 0 Å². The molecule has 0 aliphatic heterocycles. The van der Waals surface area contributed by atoms with Crippen molar-refractivity contribution in [3.8, 4) is 0 Å². The maximum atomic E-state index is 11.6. The Bertz CT molecular complexity index is 462. The maximum absolute atomic E-state index is 11.6. The molecule has 0 amide bonds. The lowest BCUT2D eigenvalue weighted by atomic mass is 10.1. The summed E-state index contributed by atoms with van der Waals surface area (Å²) in [6, 6.07) is 10.2. The van der Waals surface area contributed by atoms with Gasteiger partial charge in [0.1, 0.15) is 6.61 Å². The number of nitrogens with two attached hydrogens (primary N) is 1. The van der Waals surface area contributed by atoms with Crippen LogP contribution in [-0.4, -0.2) is 65.1 Å². The standard InChI is InChI=1S/C15H23NO3.C6H16N2O/c1-3-16-14(12-18-2)9-10-15(17)19-11-13-7-5-4-6-8-13;1-3-8-6(4-7)5-9-2/h4-8,14,16H,3,9-12H2,1-2H3;6,8H,3-5,7H2,1-2H3/t14-;6-/m00/s1. The summed E-state index contributed by atoms with van der Waals surface area (Å²) in [5, 5.41) is 6.46. The minimum absolute atomic E-state index is 0.164. The fourth-order valence-electron chi connectivity index (χ4n) is 2.54. The lowest BCUT2D eigenvalue weighted by Gasteiger charge is -2.16. The second kappa shape index (κ2) is 18.8. The molecule has 1 rings (SSSR count). The van der Waals surface area contributed by atoms with Crippen LogP contribution in [0.5, 0.6) is 0 Å². The second-order valence-electron chi connectivity index (χ2n) is 6.34. The molecule has 162 valence electrons. The lowest BCUT2D eigenvalue weighted by Crippen LogP contribution is -2.39. The molecule has 28 heavy (non-hydrogen) atoms. The van der Waals surface area contributed by atoms with Crippen molar-refractivity contribution in [2.45, 2.75) is 45.4 Å². The third-order valence-corrected chi connectivity index (χ3v) is 3.95. The van der Waals surface area contributed by atoms with Gasteiger partial charge in [-0.15, -0.1) is 0 Å². The van der Waals surface area contributed by atoms with Gasteiger partial charge in [0, 0.05) is 39.3 Å². The van der Waals surface area contributed by atoms with Crippen LogP contribution in [0.4, 0.5) is 0 Å². The first kappa shape index (κ1) is 26.5. The number of methoxy groups -OCH3 is 2. The van der Waals surface area contributed by atoms with E-state index < -0.39 is 0 Å². The first-order chi connectivity index (χ1) is 13.6. The van der Waals surface area contributed by atoms with Crippen LogP contribution in [-0.2, 0) is 25.6 Å². The van der Waals surface area contributed by atoms with E-state index in [0.29, 0.717) is 38.8 Å². The molecule has 0 saturated carbocycles. The molecule has 0 bridgehead atoms. The minimum atomic E-state index is -0.164. The molecule has 4 N–H and O–H groups in total. The summed E-state index contributed by atoms with van der Waals surface area (Å²) in [5.41, 5.74) is 6.41. The quantitative estimate of drug-likeness (QED) is 0.411. The summed E-state index contributed by atoms with van der Waals surface area (Å²) in [5.74, 6) is -0.164. The molecule has 0 aliphatic carbocycles. The van der Waals surface area contributed by atoms with Crippen molar-refractivity contribution in [2.75, 3.05) is 47.1 Å². The van der Waals surface area contributed by atoms with Gasteiger partial charge < -0.3 is 30.6 Å². The third kappa shape index (κ3) is 14.5. The first-order valence-corrected chi connectivity index (χ1v) is 9.95. The van der Waals surface area contributed by atoms with Crippen molar-refractivity contribution in [2.24, 2.45) is 5.73 Å². The summed E-state index contributed by atoms with van der Waals surface area (Å²) in [6.07, 6.45) is 1.14. The average Bonchev–Trinajstić information content (AvgIpc) is 2.72. The lowest BCUT2D eigenvalue weighted by molar-refractivity contribution is -0.145. The summed E-state index contributed by atoms with van der Waals surface area (Å²) in [4.78, 5) is 11.6. The van der Waals surface area contributed by atoms with Crippen LogP contribution >= 0.6 is 0 Å². The summed E-state index contributed by atoms with van der Waals surface area (Å²) in [6.45, 7) is 8.20. The number of ether oxygens (including phenoxy) is 3. The minimum Gasteiger partial charge on any atom is -0.461 e. The summed E-state index contributed by atoms with van der Waals surface area (Å²) in [7, 11) is 3.35. The zero-order chi connectivity index (χ0) is 21.0. The van der Waals surface area contributed by atoms with Crippen molar-refractivity contribution >= 4 is 5.97 Å². The molecule has 0 heterocycles. The molecule has 0 aromatic heterocycles. The normalized spacial score (nSPS) is 12.6. The summed E-state index contributed by atoms with van der Waals surface area (Å²) < 4.78 is 15.2. The number of benzene rings is 1. The molecule has 2 atom stereocenters. The van der Waals surface area contributed by atoms with E-state index in [0.717, 1.165) is 25.1 Å². The van der Waals surface area contributed by atoms with Gasteiger partial charge in [0.05, 0.1) is 13.2 Å². The zero-order valence-corrected chi connectivity index (χ0v) is 17.9. The van der Waals surface area contributed by atoms with Crippen molar-refractivity contribution in [3.63, 3.8) is 0 Å². The molecule has 0 aliphatic rings. The van der Waals surface area contributed by atoms with Gasteiger partial charge in [-0.2, -0.15) is 0 Å². The van der Waals surface area contributed by atoms with E-state index in [4.69, 9.17) is 19.9 Å². The number of likely N-dealkylation sites (N-methyl/N-ethyl adjacent to an activating group) is 2. The number of nitrogens with one attached hydrogen (secondary N) is 2. The topological polar surface area (TPSA) is 94.8 Å². The van der Waals surface area contributed by atoms with Crippen LogP contribution in [0.1, 0.15) is 32.3 Å². The van der Waals surface area contributed by atoms with Gasteiger partial charge in [-0.05, 0) is 25.1 Å². The Balaban J connectivity index is 0.000000684. The zero-order valence-electron chi connectivity index (χ0n) is 17.9. The van der Waals surface area contributed by atoms with E-state index in [1.807, 2.05) is 37.3 Å².